The van der Waals surface area contributed by atoms with Crippen LogP contribution in [0.25, 0.3) is 11.0 Å². The summed E-state index contributed by atoms with van der Waals surface area (Å²) in [5.74, 6) is 0.801. The summed E-state index contributed by atoms with van der Waals surface area (Å²) in [5, 5.41) is 4.41. The molecule has 11 heteroatoms. The van der Waals surface area contributed by atoms with E-state index in [2.05, 4.69) is 33.8 Å². The van der Waals surface area contributed by atoms with Crippen LogP contribution in [0.3, 0.4) is 0 Å². The number of aromatic amines is 1. The van der Waals surface area contributed by atoms with Crippen LogP contribution in [-0.2, 0) is 9.36 Å². The Balaban J connectivity index is 0.000000431. The van der Waals surface area contributed by atoms with Gasteiger partial charge in [0.05, 0.1) is 5.39 Å². The minimum Gasteiger partial charge on any atom is -0.365 e. The lowest BCUT2D eigenvalue weighted by molar-refractivity contribution is -0.129. The summed E-state index contributed by atoms with van der Waals surface area (Å²) < 4.78 is 8.88. The number of piperidine rings is 1. The average Bonchev–Trinajstić information content (AvgIpc) is 3.04. The van der Waals surface area contributed by atoms with Gasteiger partial charge in [-0.15, -0.1) is 0 Å². The molecular weight excluding hydrogens is 361 g/mol. The van der Waals surface area contributed by atoms with Crippen LogP contribution in [0.5, 0.6) is 0 Å². The van der Waals surface area contributed by atoms with E-state index in [0.29, 0.717) is 6.54 Å². The van der Waals surface area contributed by atoms with Gasteiger partial charge in [-0.25, -0.2) is 14.5 Å². The first-order valence-corrected chi connectivity index (χ1v) is 9.51. The highest BCUT2D eigenvalue weighted by atomic mass is 31.2. The van der Waals surface area contributed by atoms with Crippen LogP contribution in [0, 0.1) is 0 Å². The quantitative estimate of drug-likeness (QED) is 0.389. The largest absolute Gasteiger partial charge is 0.466 e. The monoisotopic (exact) mass is 383 g/mol. The number of hydrogen-bond donors (Lipinski definition) is 5. The molecule has 0 saturated carbocycles. The number of amides is 1. The van der Waals surface area contributed by atoms with Gasteiger partial charge in [0, 0.05) is 24.8 Å². The van der Waals surface area contributed by atoms with Gasteiger partial charge in [0.25, 0.3) is 0 Å². The number of fused-ring (bicyclic) bond motifs is 1. The third-order valence-corrected chi connectivity index (χ3v) is 4.03. The Kier molecular flexibility index (Phi) is 6.49. The van der Waals surface area contributed by atoms with Gasteiger partial charge in [0.15, 0.2) is 0 Å². The van der Waals surface area contributed by atoms with E-state index in [1.54, 1.807) is 6.33 Å². The van der Waals surface area contributed by atoms with Crippen molar-refractivity contribution in [3.8, 4) is 0 Å². The fourth-order valence-electron chi connectivity index (χ4n) is 2.83. The summed E-state index contributed by atoms with van der Waals surface area (Å²) in [6.45, 7) is 6.32. The first-order valence-electron chi connectivity index (χ1n) is 7.95. The standard InChI is InChI=1S/C15H19N5O.H3O4P/c1-3-13(21)20-8-11(5-4-10(20)2)19-15-12-6-7-16-14(12)17-9-18-15;1-5(2,3)4/h3,6-7,9-11H,1,4-5,8H2,2H3,(H2,16,17,18,19);(H3,1,2,3,4)/t10-,11+;/m0./s1. The fourth-order valence-corrected chi connectivity index (χ4v) is 2.83. The van der Waals surface area contributed by atoms with Gasteiger partial charge < -0.3 is 29.9 Å². The van der Waals surface area contributed by atoms with E-state index in [1.165, 1.54) is 6.08 Å². The first-order chi connectivity index (χ1) is 12.2. The lowest BCUT2D eigenvalue weighted by Crippen LogP contribution is -2.49. The van der Waals surface area contributed by atoms with Crippen LogP contribution in [0.15, 0.2) is 31.2 Å². The number of H-pyrrole nitrogens is 1. The van der Waals surface area contributed by atoms with Crippen molar-refractivity contribution < 1.29 is 24.0 Å². The Morgan fingerprint density at radius 2 is 2.12 bits per heavy atom. The zero-order valence-corrected chi connectivity index (χ0v) is 15.1. The molecule has 1 saturated heterocycles. The number of carbonyl (C=O) groups excluding carboxylic acids is 1. The Morgan fingerprint density at radius 1 is 1.42 bits per heavy atom. The van der Waals surface area contributed by atoms with E-state index in [1.807, 2.05) is 17.2 Å². The molecule has 1 aliphatic heterocycles. The third kappa shape index (κ3) is 5.63. The molecule has 0 aliphatic carbocycles. The molecule has 0 bridgehead atoms. The second kappa shape index (κ2) is 8.41. The van der Waals surface area contributed by atoms with Crippen LogP contribution in [0.2, 0.25) is 0 Å². The molecule has 3 heterocycles. The minimum absolute atomic E-state index is 0.0107. The van der Waals surface area contributed by atoms with Crippen LogP contribution in [0.4, 0.5) is 5.82 Å². The van der Waals surface area contributed by atoms with E-state index >= 15 is 0 Å². The molecule has 5 N–H and O–H groups in total. The summed E-state index contributed by atoms with van der Waals surface area (Å²) in [6, 6.07) is 2.40. The number of aromatic nitrogens is 3. The molecule has 26 heavy (non-hydrogen) atoms. The highest BCUT2D eigenvalue weighted by Gasteiger charge is 2.28. The predicted octanol–water partition coefficient (Wildman–Crippen LogP) is 1.01. The third-order valence-electron chi connectivity index (χ3n) is 4.03. The van der Waals surface area contributed by atoms with Crippen molar-refractivity contribution in [3.63, 3.8) is 0 Å². The van der Waals surface area contributed by atoms with Crippen molar-refractivity contribution in [2.45, 2.75) is 31.8 Å². The van der Waals surface area contributed by atoms with Gasteiger partial charge in [-0.05, 0) is 31.9 Å². The van der Waals surface area contributed by atoms with Gasteiger partial charge in [-0.2, -0.15) is 0 Å². The Morgan fingerprint density at radius 3 is 2.77 bits per heavy atom. The number of phosphoric acid groups is 1. The van der Waals surface area contributed by atoms with Crippen molar-refractivity contribution in [3.05, 3.63) is 31.2 Å². The molecule has 142 valence electrons. The SMILES string of the molecule is C=CC(=O)N1C[C@H](Nc2ncnc3[nH]ccc23)CC[C@@H]1C.O=P(O)(O)O. The molecule has 0 unspecified atom stereocenters. The topological polar surface area (TPSA) is 152 Å². The van der Waals surface area contributed by atoms with Crippen LogP contribution < -0.4 is 5.32 Å². The average molecular weight is 383 g/mol. The molecule has 2 aromatic rings. The molecule has 1 aliphatic rings. The number of hydrogen-bond acceptors (Lipinski definition) is 5. The Labute approximate surface area is 150 Å². The van der Waals surface area contributed by atoms with Crippen LogP contribution >= 0.6 is 7.82 Å². The summed E-state index contributed by atoms with van der Waals surface area (Å²) in [4.78, 5) is 46.9. The van der Waals surface area contributed by atoms with Gasteiger partial charge in [-0.3, -0.25) is 4.79 Å². The lowest BCUT2D eigenvalue weighted by atomic mass is 9.99. The number of rotatable bonds is 3. The molecule has 1 amide bonds. The fraction of sp³-hybridized carbons (Fsp3) is 0.400. The van der Waals surface area contributed by atoms with Gasteiger partial charge in [0.1, 0.15) is 17.8 Å². The second-order valence-corrected chi connectivity index (χ2v) is 6.96. The van der Waals surface area contributed by atoms with E-state index in [4.69, 9.17) is 19.2 Å². The van der Waals surface area contributed by atoms with Crippen molar-refractivity contribution in [2.75, 3.05) is 11.9 Å². The van der Waals surface area contributed by atoms with Gasteiger partial charge in [0.2, 0.25) is 5.91 Å². The normalized spacial score (nSPS) is 20.2. The van der Waals surface area contributed by atoms with Crippen molar-refractivity contribution in [1.82, 2.24) is 19.9 Å². The molecular formula is C15H22N5O5P. The number of nitrogens with one attached hydrogen (secondary N) is 2. The van der Waals surface area contributed by atoms with Gasteiger partial charge >= 0.3 is 7.82 Å². The molecule has 0 spiro atoms. The van der Waals surface area contributed by atoms with E-state index in [0.717, 1.165) is 29.7 Å². The highest BCUT2D eigenvalue weighted by molar-refractivity contribution is 7.45. The Bertz CT molecular complexity index is 811. The zero-order chi connectivity index (χ0) is 19.3. The van der Waals surface area contributed by atoms with Crippen LogP contribution in [-0.4, -0.2) is 59.1 Å². The minimum atomic E-state index is -4.64. The van der Waals surface area contributed by atoms with Crippen LogP contribution in [0.1, 0.15) is 19.8 Å². The molecule has 3 rings (SSSR count). The summed E-state index contributed by atoms with van der Waals surface area (Å²) in [6.07, 6.45) is 6.75. The molecule has 2 atom stereocenters. The zero-order valence-electron chi connectivity index (χ0n) is 14.2. The predicted molar refractivity (Wildman–Crippen MR) is 96.2 cm³/mol. The van der Waals surface area contributed by atoms with E-state index < -0.39 is 7.82 Å². The van der Waals surface area contributed by atoms with E-state index in [9.17, 15) is 4.79 Å². The molecule has 0 radical (unpaired) electrons. The molecule has 1 fully saturated rings. The maximum absolute atomic E-state index is 11.9. The first kappa shape index (κ1) is 20.1. The second-order valence-electron chi connectivity index (χ2n) is 5.94. The molecule has 10 nitrogen and oxygen atoms in total. The number of nitrogens with zero attached hydrogens (tertiary/aromatic N) is 3. The maximum Gasteiger partial charge on any atom is 0.466 e. The molecule has 0 aromatic carbocycles. The van der Waals surface area contributed by atoms with E-state index in [-0.39, 0.29) is 18.0 Å². The number of likely N-dealkylation sites (tertiary alicyclic amines) is 1. The number of anilines is 1. The summed E-state index contributed by atoms with van der Waals surface area (Å²) in [5.41, 5.74) is 0.815. The van der Waals surface area contributed by atoms with Crippen molar-refractivity contribution in [2.24, 2.45) is 0 Å². The lowest BCUT2D eigenvalue weighted by Gasteiger charge is -2.38. The highest BCUT2D eigenvalue weighted by Crippen LogP contribution is 2.26. The summed E-state index contributed by atoms with van der Waals surface area (Å²) >= 11 is 0. The maximum atomic E-state index is 11.9. The Hall–Kier alpha value is -2.26. The summed E-state index contributed by atoms with van der Waals surface area (Å²) in [7, 11) is -4.64. The van der Waals surface area contributed by atoms with Gasteiger partial charge in [-0.1, -0.05) is 6.58 Å². The number of carbonyl (C=O) groups is 1. The van der Waals surface area contributed by atoms with Crippen molar-refractivity contribution in [1.29, 1.82) is 0 Å². The smallest absolute Gasteiger partial charge is 0.365 e. The molecule has 2 aromatic heterocycles. The van der Waals surface area contributed by atoms with Crippen molar-refractivity contribution >= 4 is 30.6 Å².